The van der Waals surface area contributed by atoms with Crippen LogP contribution >= 0.6 is 0 Å². The van der Waals surface area contributed by atoms with E-state index in [4.69, 9.17) is 0 Å². The van der Waals surface area contributed by atoms with Gasteiger partial charge in [0, 0.05) is 18.4 Å². The summed E-state index contributed by atoms with van der Waals surface area (Å²) in [4.78, 5) is 24.2. The number of hydrogen-bond donors (Lipinski definition) is 1. The highest BCUT2D eigenvalue weighted by atomic mass is 16.2. The molecule has 0 unspecified atom stereocenters. The summed E-state index contributed by atoms with van der Waals surface area (Å²) < 4.78 is 0. The number of aryl methyl sites for hydroxylation is 1. The third-order valence-corrected chi connectivity index (χ3v) is 4.07. The van der Waals surface area contributed by atoms with Gasteiger partial charge in [0.2, 0.25) is 5.91 Å². The SMILES string of the molecule is CCCc1ccc(C(=O)CCC(=O)N[C@@H](C)c2ccccc2)cc1. The number of carbonyl (C=O) groups excluding carboxylic acids is 2. The summed E-state index contributed by atoms with van der Waals surface area (Å²) in [7, 11) is 0. The van der Waals surface area contributed by atoms with Gasteiger partial charge in [-0.15, -0.1) is 0 Å². The Morgan fingerprint density at radius 1 is 0.958 bits per heavy atom. The number of rotatable bonds is 8. The van der Waals surface area contributed by atoms with E-state index in [0.717, 1.165) is 18.4 Å². The van der Waals surface area contributed by atoms with Crippen LogP contribution in [-0.2, 0) is 11.2 Å². The van der Waals surface area contributed by atoms with Gasteiger partial charge in [-0.2, -0.15) is 0 Å². The standard InChI is InChI=1S/C21H25NO2/c1-3-7-17-10-12-19(13-11-17)20(23)14-15-21(24)22-16(2)18-8-5-4-6-9-18/h4-6,8-13,16H,3,7,14-15H2,1-2H3,(H,22,24)/t16-/m0/s1. The zero-order valence-electron chi connectivity index (χ0n) is 14.4. The number of ketones is 1. The van der Waals surface area contributed by atoms with Crippen LogP contribution in [0.25, 0.3) is 0 Å². The summed E-state index contributed by atoms with van der Waals surface area (Å²) in [6, 6.07) is 17.5. The lowest BCUT2D eigenvalue weighted by Gasteiger charge is -2.14. The van der Waals surface area contributed by atoms with E-state index in [1.807, 2.05) is 61.5 Å². The minimum atomic E-state index is -0.0951. The lowest BCUT2D eigenvalue weighted by Crippen LogP contribution is -2.26. The van der Waals surface area contributed by atoms with Gasteiger partial charge in [0.25, 0.3) is 0 Å². The van der Waals surface area contributed by atoms with E-state index in [-0.39, 0.29) is 30.6 Å². The Labute approximate surface area is 144 Å². The van der Waals surface area contributed by atoms with Gasteiger partial charge in [-0.3, -0.25) is 9.59 Å². The molecular formula is C21H25NO2. The predicted octanol–water partition coefficient (Wildman–Crippen LogP) is 4.48. The van der Waals surface area contributed by atoms with Crippen molar-refractivity contribution >= 4 is 11.7 Å². The summed E-state index contributed by atoms with van der Waals surface area (Å²) >= 11 is 0. The highest BCUT2D eigenvalue weighted by molar-refractivity contribution is 5.98. The van der Waals surface area contributed by atoms with Gasteiger partial charge in [0.15, 0.2) is 5.78 Å². The average molecular weight is 323 g/mol. The van der Waals surface area contributed by atoms with Gasteiger partial charge in [0.1, 0.15) is 0 Å². The number of amides is 1. The van der Waals surface area contributed by atoms with Gasteiger partial charge in [-0.1, -0.05) is 67.9 Å². The highest BCUT2D eigenvalue weighted by Crippen LogP contribution is 2.13. The molecule has 0 aliphatic heterocycles. The molecule has 0 radical (unpaired) electrons. The first-order valence-electron chi connectivity index (χ1n) is 8.56. The molecule has 2 aromatic carbocycles. The van der Waals surface area contributed by atoms with Crippen molar-refractivity contribution in [1.29, 1.82) is 0 Å². The summed E-state index contributed by atoms with van der Waals surface area (Å²) in [6.07, 6.45) is 2.56. The fourth-order valence-electron chi connectivity index (χ4n) is 2.66. The van der Waals surface area contributed by atoms with E-state index in [2.05, 4.69) is 12.2 Å². The summed E-state index contributed by atoms with van der Waals surface area (Å²) in [5, 5.41) is 2.94. The first-order valence-corrected chi connectivity index (χ1v) is 8.56. The van der Waals surface area contributed by atoms with Crippen LogP contribution in [0.3, 0.4) is 0 Å². The van der Waals surface area contributed by atoms with Crippen LogP contribution in [0.5, 0.6) is 0 Å². The Balaban J connectivity index is 1.81. The van der Waals surface area contributed by atoms with Gasteiger partial charge in [0.05, 0.1) is 6.04 Å². The Morgan fingerprint density at radius 3 is 2.25 bits per heavy atom. The summed E-state index contributed by atoms with van der Waals surface area (Å²) in [5.74, 6) is -0.0807. The molecule has 1 N–H and O–H groups in total. The smallest absolute Gasteiger partial charge is 0.220 e. The maximum atomic E-state index is 12.2. The molecule has 2 rings (SSSR count). The first kappa shape index (κ1) is 17.9. The molecule has 24 heavy (non-hydrogen) atoms. The van der Waals surface area contributed by atoms with Gasteiger partial charge in [-0.05, 0) is 24.5 Å². The largest absolute Gasteiger partial charge is 0.350 e. The number of benzene rings is 2. The van der Waals surface area contributed by atoms with Crippen molar-refractivity contribution in [1.82, 2.24) is 5.32 Å². The van der Waals surface area contributed by atoms with Gasteiger partial charge >= 0.3 is 0 Å². The lowest BCUT2D eigenvalue weighted by molar-refractivity contribution is -0.121. The Bertz CT molecular complexity index is 662. The summed E-state index contributed by atoms with van der Waals surface area (Å²) in [5.41, 5.74) is 2.98. The Hall–Kier alpha value is -2.42. The number of Topliss-reactive ketones (excluding diaryl/α,β-unsaturated/α-hetero) is 1. The molecule has 0 bridgehead atoms. The third-order valence-electron chi connectivity index (χ3n) is 4.07. The van der Waals surface area contributed by atoms with Crippen molar-refractivity contribution in [2.75, 3.05) is 0 Å². The topological polar surface area (TPSA) is 46.2 Å². The van der Waals surface area contributed by atoms with E-state index in [1.165, 1.54) is 5.56 Å². The fourth-order valence-corrected chi connectivity index (χ4v) is 2.66. The first-order chi connectivity index (χ1) is 11.6. The molecule has 0 spiro atoms. The zero-order valence-corrected chi connectivity index (χ0v) is 14.4. The molecular weight excluding hydrogens is 298 g/mol. The van der Waals surface area contributed by atoms with E-state index in [1.54, 1.807) is 0 Å². The molecule has 0 aliphatic carbocycles. The third kappa shape index (κ3) is 5.34. The van der Waals surface area contributed by atoms with Crippen molar-refractivity contribution in [2.24, 2.45) is 0 Å². The van der Waals surface area contributed by atoms with Crippen molar-refractivity contribution in [3.05, 3.63) is 71.3 Å². The molecule has 2 aromatic rings. The second-order valence-electron chi connectivity index (χ2n) is 6.07. The predicted molar refractivity (Wildman–Crippen MR) is 97.0 cm³/mol. The molecule has 3 nitrogen and oxygen atoms in total. The number of hydrogen-bond acceptors (Lipinski definition) is 2. The zero-order chi connectivity index (χ0) is 17.4. The molecule has 0 saturated carbocycles. The van der Waals surface area contributed by atoms with Crippen LogP contribution in [-0.4, -0.2) is 11.7 Å². The van der Waals surface area contributed by atoms with Crippen LogP contribution in [0.1, 0.15) is 60.6 Å². The monoisotopic (exact) mass is 323 g/mol. The molecule has 0 aromatic heterocycles. The Morgan fingerprint density at radius 2 is 1.62 bits per heavy atom. The van der Waals surface area contributed by atoms with Crippen molar-refractivity contribution < 1.29 is 9.59 Å². The molecule has 1 atom stereocenters. The molecule has 0 aliphatic rings. The van der Waals surface area contributed by atoms with Gasteiger partial charge in [-0.25, -0.2) is 0 Å². The molecule has 1 amide bonds. The normalized spacial score (nSPS) is 11.8. The van der Waals surface area contributed by atoms with Crippen LogP contribution in [0, 0.1) is 0 Å². The molecule has 126 valence electrons. The minimum Gasteiger partial charge on any atom is -0.350 e. The molecule has 3 heteroatoms. The van der Waals surface area contributed by atoms with Crippen LogP contribution in [0.4, 0.5) is 0 Å². The molecule has 0 fully saturated rings. The van der Waals surface area contributed by atoms with E-state index in [9.17, 15) is 9.59 Å². The van der Waals surface area contributed by atoms with Crippen molar-refractivity contribution in [3.63, 3.8) is 0 Å². The van der Waals surface area contributed by atoms with Crippen LogP contribution in [0.2, 0.25) is 0 Å². The second-order valence-corrected chi connectivity index (χ2v) is 6.07. The van der Waals surface area contributed by atoms with Crippen LogP contribution < -0.4 is 5.32 Å². The van der Waals surface area contributed by atoms with Crippen molar-refractivity contribution in [3.8, 4) is 0 Å². The second kappa shape index (κ2) is 9.02. The van der Waals surface area contributed by atoms with E-state index in [0.29, 0.717) is 5.56 Å². The van der Waals surface area contributed by atoms with Gasteiger partial charge < -0.3 is 5.32 Å². The van der Waals surface area contributed by atoms with E-state index < -0.39 is 0 Å². The maximum absolute atomic E-state index is 12.2. The fraction of sp³-hybridized carbons (Fsp3) is 0.333. The number of nitrogens with one attached hydrogen (secondary N) is 1. The summed E-state index contributed by atoms with van der Waals surface area (Å²) in [6.45, 7) is 4.08. The molecule has 0 saturated heterocycles. The maximum Gasteiger partial charge on any atom is 0.220 e. The lowest BCUT2D eigenvalue weighted by atomic mass is 10.0. The van der Waals surface area contributed by atoms with Crippen molar-refractivity contribution in [2.45, 2.75) is 45.6 Å². The Kier molecular flexibility index (Phi) is 6.74. The van der Waals surface area contributed by atoms with E-state index >= 15 is 0 Å². The number of carbonyl (C=O) groups is 2. The molecule has 0 heterocycles. The quantitative estimate of drug-likeness (QED) is 0.728. The highest BCUT2D eigenvalue weighted by Gasteiger charge is 2.12. The van der Waals surface area contributed by atoms with Crippen LogP contribution in [0.15, 0.2) is 54.6 Å². The average Bonchev–Trinajstić information content (AvgIpc) is 2.61. The minimum absolute atomic E-state index is 0.0144.